The van der Waals surface area contributed by atoms with Crippen molar-refractivity contribution in [3.63, 3.8) is 0 Å². The van der Waals surface area contributed by atoms with E-state index in [4.69, 9.17) is 17.0 Å². The lowest BCUT2D eigenvalue weighted by atomic mass is 10.0. The molecule has 0 unspecified atom stereocenters. The van der Waals surface area contributed by atoms with Gasteiger partial charge in [0.25, 0.3) is 5.56 Å². The minimum Gasteiger partial charge on any atom is -0.383 e. The molecule has 1 aliphatic rings. The smallest absolute Gasteiger partial charge is 0.330 e. The number of aromatic amines is 2. The molecule has 0 radical (unpaired) electrons. The van der Waals surface area contributed by atoms with E-state index in [1.165, 1.54) is 30.3 Å². The van der Waals surface area contributed by atoms with E-state index in [0.717, 1.165) is 24.6 Å². The number of methoxy groups -OCH3 is 1. The highest BCUT2D eigenvalue weighted by atomic mass is 32.1. The molecule has 0 bridgehead atoms. The predicted molar refractivity (Wildman–Crippen MR) is 94.0 cm³/mol. The molecular weight excluding hydrogens is 328 g/mol. The minimum absolute atomic E-state index is 0.234. The molecule has 0 amide bonds. The van der Waals surface area contributed by atoms with Crippen molar-refractivity contribution in [2.75, 3.05) is 13.7 Å². The molecule has 0 saturated heterocycles. The van der Waals surface area contributed by atoms with Crippen LogP contribution >= 0.6 is 12.2 Å². The zero-order valence-corrected chi connectivity index (χ0v) is 14.6. The first-order valence-electron chi connectivity index (χ1n) is 8.35. The van der Waals surface area contributed by atoms with Gasteiger partial charge in [0.1, 0.15) is 21.5 Å². The monoisotopic (exact) mass is 350 g/mol. The Labute approximate surface area is 144 Å². The van der Waals surface area contributed by atoms with Gasteiger partial charge in [-0.1, -0.05) is 37.9 Å². The first-order valence-corrected chi connectivity index (χ1v) is 8.76. The molecule has 24 heavy (non-hydrogen) atoms. The van der Waals surface area contributed by atoms with E-state index in [1.807, 2.05) is 0 Å². The molecule has 2 N–H and O–H groups in total. The highest BCUT2D eigenvalue weighted by molar-refractivity contribution is 7.71. The Morgan fingerprint density at radius 1 is 1.29 bits per heavy atom. The molecular formula is C16H22N4O3S. The lowest BCUT2D eigenvalue weighted by Gasteiger charge is -2.12. The van der Waals surface area contributed by atoms with Crippen molar-refractivity contribution >= 4 is 23.3 Å². The van der Waals surface area contributed by atoms with Gasteiger partial charge in [-0.3, -0.25) is 14.3 Å². The molecule has 1 saturated carbocycles. The average Bonchev–Trinajstić information content (AvgIpc) is 3.05. The van der Waals surface area contributed by atoms with E-state index in [1.54, 1.807) is 7.11 Å². The third kappa shape index (κ3) is 3.49. The Balaban J connectivity index is 2.01. The molecule has 1 aliphatic carbocycles. The van der Waals surface area contributed by atoms with Gasteiger partial charge in [0.05, 0.1) is 13.2 Å². The third-order valence-corrected chi connectivity index (χ3v) is 4.99. The van der Waals surface area contributed by atoms with Crippen LogP contribution in [0.25, 0.3) is 11.0 Å². The number of hydrogen-bond acceptors (Lipinski definition) is 5. The van der Waals surface area contributed by atoms with Crippen LogP contribution < -0.4 is 11.2 Å². The number of aryl methyl sites for hydroxylation is 1. The van der Waals surface area contributed by atoms with Gasteiger partial charge < -0.3 is 9.72 Å². The lowest BCUT2D eigenvalue weighted by molar-refractivity contribution is 0.187. The Morgan fingerprint density at radius 3 is 2.75 bits per heavy atom. The highest BCUT2D eigenvalue weighted by Crippen LogP contribution is 2.28. The van der Waals surface area contributed by atoms with Crippen LogP contribution in [0.5, 0.6) is 0 Å². The SMILES string of the molecule is COCCn1c(=O)[nH]c(=O)c2c(=S)nc(CCC3CCCC3)[nH]c21. The number of nitrogens with one attached hydrogen (secondary N) is 2. The van der Waals surface area contributed by atoms with Gasteiger partial charge in [0.2, 0.25) is 0 Å². The van der Waals surface area contributed by atoms with Gasteiger partial charge in [-0.2, -0.15) is 0 Å². The largest absolute Gasteiger partial charge is 0.383 e. The topological polar surface area (TPSA) is 92.8 Å². The highest BCUT2D eigenvalue weighted by Gasteiger charge is 2.16. The van der Waals surface area contributed by atoms with E-state index in [2.05, 4.69) is 15.0 Å². The van der Waals surface area contributed by atoms with E-state index >= 15 is 0 Å². The number of fused-ring (bicyclic) bond motifs is 1. The quantitative estimate of drug-likeness (QED) is 0.777. The van der Waals surface area contributed by atoms with Crippen molar-refractivity contribution < 1.29 is 4.74 Å². The summed E-state index contributed by atoms with van der Waals surface area (Å²) in [5.41, 5.74) is -0.537. The second kappa shape index (κ2) is 7.40. The van der Waals surface area contributed by atoms with Crippen LogP contribution in [-0.2, 0) is 17.7 Å². The van der Waals surface area contributed by atoms with Crippen molar-refractivity contribution in [1.82, 2.24) is 19.5 Å². The zero-order chi connectivity index (χ0) is 17.1. The van der Waals surface area contributed by atoms with Crippen molar-refractivity contribution in [1.29, 1.82) is 0 Å². The first-order chi connectivity index (χ1) is 11.6. The molecule has 2 aromatic heterocycles. The number of hydrogen-bond donors (Lipinski definition) is 2. The van der Waals surface area contributed by atoms with Gasteiger partial charge in [-0.15, -0.1) is 0 Å². The molecule has 130 valence electrons. The summed E-state index contributed by atoms with van der Waals surface area (Å²) in [6.07, 6.45) is 6.97. The van der Waals surface area contributed by atoms with Crippen LogP contribution in [0, 0.1) is 10.6 Å². The molecule has 0 aliphatic heterocycles. The molecule has 1 fully saturated rings. The van der Waals surface area contributed by atoms with Gasteiger partial charge in [0.15, 0.2) is 0 Å². The lowest BCUT2D eigenvalue weighted by Crippen LogP contribution is -2.32. The maximum absolute atomic E-state index is 12.1. The molecule has 0 atom stereocenters. The molecule has 7 nitrogen and oxygen atoms in total. The summed E-state index contributed by atoms with van der Waals surface area (Å²) in [5, 5.41) is 0.255. The number of nitrogens with zero attached hydrogens (tertiary/aromatic N) is 2. The predicted octanol–water partition coefficient (Wildman–Crippen LogP) is 1.91. The minimum atomic E-state index is -0.500. The van der Waals surface area contributed by atoms with Crippen molar-refractivity contribution in [3.8, 4) is 0 Å². The molecule has 8 heteroatoms. The first kappa shape index (κ1) is 17.0. The van der Waals surface area contributed by atoms with Gasteiger partial charge in [-0.05, 0) is 12.3 Å². The standard InChI is InChI=1S/C16H22N4O3S/c1-23-9-8-20-13-12(14(21)19-16(20)22)15(24)18-11(17-13)7-6-10-4-2-3-5-10/h10H,2-9H2,1H3,(H,17,18,24)(H,19,21,22). The van der Waals surface area contributed by atoms with Gasteiger partial charge >= 0.3 is 5.69 Å². The van der Waals surface area contributed by atoms with Crippen molar-refractivity contribution in [2.24, 2.45) is 5.92 Å². The summed E-state index contributed by atoms with van der Waals surface area (Å²) in [5.74, 6) is 1.47. The Hall–Kier alpha value is -1.80. The van der Waals surface area contributed by atoms with Gasteiger partial charge in [0, 0.05) is 13.5 Å². The zero-order valence-electron chi connectivity index (χ0n) is 13.8. The summed E-state index contributed by atoms with van der Waals surface area (Å²) in [4.78, 5) is 34.0. The van der Waals surface area contributed by atoms with E-state index < -0.39 is 11.2 Å². The molecule has 2 heterocycles. The fourth-order valence-electron chi connectivity index (χ4n) is 3.40. The van der Waals surface area contributed by atoms with E-state index in [-0.39, 0.29) is 10.0 Å². The number of H-pyrrole nitrogens is 2. The third-order valence-electron chi connectivity index (χ3n) is 4.70. The fourth-order valence-corrected chi connectivity index (χ4v) is 3.70. The van der Waals surface area contributed by atoms with Crippen LogP contribution in [-0.4, -0.2) is 33.2 Å². The molecule has 3 rings (SSSR count). The van der Waals surface area contributed by atoms with Crippen LogP contribution in [0.15, 0.2) is 9.59 Å². The summed E-state index contributed by atoms with van der Waals surface area (Å²) < 4.78 is 6.74. The summed E-state index contributed by atoms with van der Waals surface area (Å²) in [6.45, 7) is 0.696. The summed E-state index contributed by atoms with van der Waals surface area (Å²) in [7, 11) is 1.57. The molecule has 0 aromatic carbocycles. The maximum Gasteiger partial charge on any atom is 0.330 e. The van der Waals surface area contributed by atoms with E-state index in [0.29, 0.717) is 18.8 Å². The normalized spacial score (nSPS) is 15.4. The second-order valence-corrected chi connectivity index (χ2v) is 6.69. The average molecular weight is 350 g/mol. The van der Waals surface area contributed by atoms with Crippen molar-refractivity contribution in [2.45, 2.75) is 45.1 Å². The molecule has 2 aromatic rings. The van der Waals surface area contributed by atoms with Crippen LogP contribution in [0.4, 0.5) is 0 Å². The van der Waals surface area contributed by atoms with Crippen LogP contribution in [0.3, 0.4) is 0 Å². The Bertz CT molecular complexity index is 893. The van der Waals surface area contributed by atoms with Crippen LogP contribution in [0.2, 0.25) is 0 Å². The summed E-state index contributed by atoms with van der Waals surface area (Å²) >= 11 is 5.30. The van der Waals surface area contributed by atoms with Crippen molar-refractivity contribution in [3.05, 3.63) is 31.3 Å². The second-order valence-electron chi connectivity index (χ2n) is 6.31. The van der Waals surface area contributed by atoms with E-state index in [9.17, 15) is 9.59 Å². The summed E-state index contributed by atoms with van der Waals surface area (Å²) in [6, 6.07) is 0. The Morgan fingerprint density at radius 2 is 2.04 bits per heavy atom. The number of aromatic nitrogens is 4. The number of rotatable bonds is 6. The number of ether oxygens (including phenoxy) is 1. The fraction of sp³-hybridized carbons (Fsp3) is 0.625. The maximum atomic E-state index is 12.1. The molecule has 0 spiro atoms. The Kier molecular flexibility index (Phi) is 5.25. The van der Waals surface area contributed by atoms with Gasteiger partial charge in [-0.25, -0.2) is 9.78 Å². The van der Waals surface area contributed by atoms with Crippen LogP contribution in [0.1, 0.15) is 37.9 Å².